The molecule has 0 radical (unpaired) electrons. The van der Waals surface area contributed by atoms with Gasteiger partial charge in [-0.05, 0) is 32.9 Å². The molecule has 1 aliphatic rings. The van der Waals surface area contributed by atoms with Gasteiger partial charge in [0.15, 0.2) is 0 Å². The number of hydrogen-bond acceptors (Lipinski definition) is 4. The van der Waals surface area contributed by atoms with Crippen molar-refractivity contribution >= 4 is 22.0 Å². The van der Waals surface area contributed by atoms with Crippen molar-refractivity contribution in [3.05, 3.63) is 28.5 Å². The molecule has 6 heteroatoms. The van der Waals surface area contributed by atoms with E-state index in [0.717, 1.165) is 10.2 Å². The maximum Gasteiger partial charge on any atom is 0.410 e. The van der Waals surface area contributed by atoms with Crippen LogP contribution in [0.25, 0.3) is 0 Å². The number of rotatable bonds is 2. The molecule has 0 atom stereocenters. The highest BCUT2D eigenvalue weighted by Crippen LogP contribution is 2.35. The first kappa shape index (κ1) is 15.3. The maximum absolute atomic E-state index is 12.0. The third-order valence-corrected chi connectivity index (χ3v) is 3.62. The molecule has 0 saturated carbocycles. The summed E-state index contributed by atoms with van der Waals surface area (Å²) in [5.41, 5.74) is -0.217. The molecule has 0 aromatic carbocycles. The standard InChI is InChI=1S/C14H19BrN2O3/c1-13(2,3)20-12(18)17-8-14(9-17,19-4)11-7-10(15)5-6-16-11/h5-7H,8-9H2,1-4H3. The minimum absolute atomic E-state index is 0.319. The molecule has 1 saturated heterocycles. The van der Waals surface area contributed by atoms with Crippen LogP contribution in [0.5, 0.6) is 0 Å². The summed E-state index contributed by atoms with van der Waals surface area (Å²) in [6, 6.07) is 3.77. The number of aromatic nitrogens is 1. The summed E-state index contributed by atoms with van der Waals surface area (Å²) >= 11 is 3.42. The lowest BCUT2D eigenvalue weighted by Crippen LogP contribution is -2.63. The average Bonchev–Trinajstić information content (AvgIpc) is 2.26. The van der Waals surface area contributed by atoms with Crippen LogP contribution in [-0.2, 0) is 15.1 Å². The lowest BCUT2D eigenvalue weighted by atomic mass is 9.90. The molecule has 1 fully saturated rings. The molecule has 0 unspecified atom stereocenters. The van der Waals surface area contributed by atoms with Gasteiger partial charge in [0, 0.05) is 17.8 Å². The Morgan fingerprint density at radius 1 is 1.45 bits per heavy atom. The Morgan fingerprint density at radius 2 is 2.10 bits per heavy atom. The van der Waals surface area contributed by atoms with Gasteiger partial charge in [0.05, 0.1) is 18.8 Å². The monoisotopic (exact) mass is 342 g/mol. The molecular formula is C14H19BrN2O3. The van der Waals surface area contributed by atoms with Crippen molar-refractivity contribution in [3.8, 4) is 0 Å². The molecule has 1 aromatic rings. The number of amides is 1. The van der Waals surface area contributed by atoms with Crippen LogP contribution in [0.3, 0.4) is 0 Å². The van der Waals surface area contributed by atoms with Crippen molar-refractivity contribution in [3.63, 3.8) is 0 Å². The van der Waals surface area contributed by atoms with Crippen molar-refractivity contribution in [2.24, 2.45) is 0 Å². The summed E-state index contributed by atoms with van der Waals surface area (Å²) in [5.74, 6) is 0. The van der Waals surface area contributed by atoms with Gasteiger partial charge >= 0.3 is 6.09 Å². The minimum atomic E-state index is -0.541. The Balaban J connectivity index is 2.07. The quantitative estimate of drug-likeness (QED) is 0.829. The molecule has 5 nitrogen and oxygen atoms in total. The van der Waals surface area contributed by atoms with Crippen LogP contribution in [0.4, 0.5) is 4.79 Å². The predicted molar refractivity (Wildman–Crippen MR) is 78.4 cm³/mol. The smallest absolute Gasteiger partial charge is 0.410 e. The van der Waals surface area contributed by atoms with Gasteiger partial charge in [-0.2, -0.15) is 0 Å². The third kappa shape index (κ3) is 3.12. The van der Waals surface area contributed by atoms with Crippen molar-refractivity contribution in [1.82, 2.24) is 9.88 Å². The van der Waals surface area contributed by atoms with Gasteiger partial charge < -0.3 is 14.4 Å². The second-order valence-electron chi connectivity index (χ2n) is 5.89. The number of pyridine rings is 1. The van der Waals surface area contributed by atoms with E-state index in [2.05, 4.69) is 20.9 Å². The van der Waals surface area contributed by atoms with Crippen LogP contribution < -0.4 is 0 Å². The van der Waals surface area contributed by atoms with E-state index in [4.69, 9.17) is 9.47 Å². The summed E-state index contributed by atoms with van der Waals surface area (Å²) in [6.45, 7) is 6.45. The molecular weight excluding hydrogens is 324 g/mol. The zero-order valence-electron chi connectivity index (χ0n) is 12.1. The molecule has 0 spiro atoms. The van der Waals surface area contributed by atoms with Crippen molar-refractivity contribution in [2.75, 3.05) is 20.2 Å². The summed E-state index contributed by atoms with van der Waals surface area (Å²) in [5, 5.41) is 0. The number of carbonyl (C=O) groups excluding carboxylic acids is 1. The molecule has 0 N–H and O–H groups in total. The highest BCUT2D eigenvalue weighted by Gasteiger charge is 2.49. The molecule has 2 heterocycles. The van der Waals surface area contributed by atoms with Gasteiger partial charge in [-0.15, -0.1) is 0 Å². The Hall–Kier alpha value is -1.14. The number of hydrogen-bond donors (Lipinski definition) is 0. The Labute approximate surface area is 127 Å². The van der Waals surface area contributed by atoms with Gasteiger partial charge in [-0.1, -0.05) is 15.9 Å². The van der Waals surface area contributed by atoms with Crippen molar-refractivity contribution in [2.45, 2.75) is 32.0 Å². The lowest BCUT2D eigenvalue weighted by Gasteiger charge is -2.48. The fraction of sp³-hybridized carbons (Fsp3) is 0.571. The van der Waals surface area contributed by atoms with Gasteiger partial charge in [0.2, 0.25) is 0 Å². The van der Waals surface area contributed by atoms with Crippen LogP contribution in [0.1, 0.15) is 26.5 Å². The zero-order valence-corrected chi connectivity index (χ0v) is 13.7. The van der Waals surface area contributed by atoms with E-state index in [1.165, 1.54) is 0 Å². The normalized spacial score (nSPS) is 17.6. The first-order chi connectivity index (χ1) is 9.26. The van der Waals surface area contributed by atoms with Crippen molar-refractivity contribution in [1.29, 1.82) is 0 Å². The summed E-state index contributed by atoms with van der Waals surface area (Å²) in [6.07, 6.45) is 1.40. The first-order valence-electron chi connectivity index (χ1n) is 6.41. The molecule has 1 aromatic heterocycles. The van der Waals surface area contributed by atoms with E-state index in [9.17, 15) is 4.79 Å². The number of carbonyl (C=O) groups is 1. The van der Waals surface area contributed by atoms with Crippen LogP contribution >= 0.6 is 15.9 Å². The van der Waals surface area contributed by atoms with Crippen molar-refractivity contribution < 1.29 is 14.3 Å². The fourth-order valence-corrected chi connectivity index (χ4v) is 2.41. The predicted octanol–water partition coefficient (Wildman–Crippen LogP) is 2.94. The van der Waals surface area contributed by atoms with Gasteiger partial charge in [-0.25, -0.2) is 4.79 Å². The molecule has 1 aliphatic heterocycles. The molecule has 110 valence electrons. The SMILES string of the molecule is COC1(c2cc(Br)ccn2)CN(C(=O)OC(C)(C)C)C1. The van der Waals surface area contributed by atoms with Crippen LogP contribution in [0, 0.1) is 0 Å². The summed E-state index contributed by atoms with van der Waals surface area (Å²) < 4.78 is 11.9. The minimum Gasteiger partial charge on any atom is -0.444 e. The van der Waals surface area contributed by atoms with Crippen LogP contribution in [-0.4, -0.2) is 41.8 Å². The lowest BCUT2D eigenvalue weighted by molar-refractivity contribution is -0.129. The van der Waals surface area contributed by atoms with Crippen LogP contribution in [0.15, 0.2) is 22.8 Å². The fourth-order valence-electron chi connectivity index (χ4n) is 2.08. The summed E-state index contributed by atoms with van der Waals surface area (Å²) in [7, 11) is 1.63. The zero-order chi connectivity index (χ0) is 15.0. The largest absolute Gasteiger partial charge is 0.444 e. The molecule has 0 aliphatic carbocycles. The van der Waals surface area contributed by atoms with E-state index in [-0.39, 0.29) is 6.09 Å². The van der Waals surface area contributed by atoms with Crippen LogP contribution in [0.2, 0.25) is 0 Å². The van der Waals surface area contributed by atoms with E-state index in [1.807, 2.05) is 32.9 Å². The topological polar surface area (TPSA) is 51.7 Å². The second kappa shape index (κ2) is 5.33. The highest BCUT2D eigenvalue weighted by molar-refractivity contribution is 9.10. The van der Waals surface area contributed by atoms with Gasteiger partial charge in [0.25, 0.3) is 0 Å². The first-order valence-corrected chi connectivity index (χ1v) is 7.20. The van der Waals surface area contributed by atoms with E-state index >= 15 is 0 Å². The second-order valence-corrected chi connectivity index (χ2v) is 6.81. The molecule has 20 heavy (non-hydrogen) atoms. The Morgan fingerprint density at radius 3 is 2.60 bits per heavy atom. The summed E-state index contributed by atoms with van der Waals surface area (Å²) in [4.78, 5) is 17.9. The molecule has 1 amide bonds. The molecule has 2 rings (SSSR count). The maximum atomic E-state index is 12.0. The molecule has 0 bridgehead atoms. The number of methoxy groups -OCH3 is 1. The number of ether oxygens (including phenoxy) is 2. The Bertz CT molecular complexity index is 507. The Kier molecular flexibility index (Phi) is 4.07. The number of nitrogens with zero attached hydrogens (tertiary/aromatic N) is 2. The van der Waals surface area contributed by atoms with Gasteiger partial charge in [0.1, 0.15) is 11.2 Å². The highest BCUT2D eigenvalue weighted by atomic mass is 79.9. The van der Waals surface area contributed by atoms with E-state index in [1.54, 1.807) is 18.2 Å². The van der Waals surface area contributed by atoms with Gasteiger partial charge in [-0.3, -0.25) is 4.98 Å². The number of halogens is 1. The van der Waals surface area contributed by atoms with E-state index in [0.29, 0.717) is 13.1 Å². The number of likely N-dealkylation sites (tertiary alicyclic amines) is 1. The average molecular weight is 343 g/mol. The van der Waals surface area contributed by atoms with E-state index < -0.39 is 11.2 Å². The third-order valence-electron chi connectivity index (χ3n) is 3.12.